The summed E-state index contributed by atoms with van der Waals surface area (Å²) in [5.41, 5.74) is 4.35. The van der Waals surface area contributed by atoms with Crippen LogP contribution in [-0.4, -0.2) is 14.8 Å². The Morgan fingerprint density at radius 2 is 2.00 bits per heavy atom. The van der Waals surface area contributed by atoms with Gasteiger partial charge in [0.15, 0.2) is 0 Å². The molecule has 0 radical (unpaired) electrons. The van der Waals surface area contributed by atoms with Gasteiger partial charge in [-0.25, -0.2) is 4.98 Å². The molecule has 1 aromatic rings. The molecule has 0 atom stereocenters. The summed E-state index contributed by atoms with van der Waals surface area (Å²) in [5, 5.41) is 20.7. The molecule has 0 aromatic carbocycles. The third kappa shape index (κ3) is 1.80. The van der Waals surface area contributed by atoms with Crippen LogP contribution in [0.3, 0.4) is 0 Å². The molecular formula is C6H6N4O4. The molecule has 14 heavy (non-hydrogen) atoms. The van der Waals surface area contributed by atoms with Gasteiger partial charge in [0, 0.05) is 6.54 Å². The molecule has 0 amide bonds. The topological polar surface area (TPSA) is 125 Å². The van der Waals surface area contributed by atoms with Crippen LogP contribution < -0.4 is 5.73 Å². The van der Waals surface area contributed by atoms with Crippen molar-refractivity contribution in [2.75, 3.05) is 0 Å². The van der Waals surface area contributed by atoms with E-state index in [1.807, 2.05) is 0 Å². The maximum atomic E-state index is 10.4. The van der Waals surface area contributed by atoms with Crippen molar-refractivity contribution in [3.63, 3.8) is 0 Å². The van der Waals surface area contributed by atoms with Crippen LogP contribution in [0.5, 0.6) is 0 Å². The van der Waals surface area contributed by atoms with Crippen molar-refractivity contribution in [2.45, 2.75) is 6.54 Å². The minimum absolute atomic E-state index is 0.0283. The lowest BCUT2D eigenvalue weighted by molar-refractivity contribution is -0.395. The third-order valence-electron chi connectivity index (χ3n) is 1.53. The molecular weight excluding hydrogens is 192 g/mol. The Hall–Kier alpha value is -2.09. The monoisotopic (exact) mass is 198 g/mol. The van der Waals surface area contributed by atoms with Gasteiger partial charge in [0.2, 0.25) is 0 Å². The lowest BCUT2D eigenvalue weighted by atomic mass is 10.3. The number of nitrogens with zero attached hydrogens (tertiary/aromatic N) is 3. The van der Waals surface area contributed by atoms with Crippen LogP contribution in [0.15, 0.2) is 12.3 Å². The van der Waals surface area contributed by atoms with E-state index in [2.05, 4.69) is 4.98 Å². The van der Waals surface area contributed by atoms with Gasteiger partial charge in [0.25, 0.3) is 11.4 Å². The average molecular weight is 198 g/mol. The summed E-state index contributed by atoms with van der Waals surface area (Å²) in [5.74, 6) is 0. The minimum Gasteiger partial charge on any atom is -0.325 e. The highest BCUT2D eigenvalue weighted by atomic mass is 16.6. The largest absolute Gasteiger partial charge is 0.325 e. The Kier molecular flexibility index (Phi) is 2.67. The zero-order valence-electron chi connectivity index (χ0n) is 6.91. The molecule has 8 heteroatoms. The van der Waals surface area contributed by atoms with Gasteiger partial charge in [0.1, 0.15) is 11.9 Å². The summed E-state index contributed by atoms with van der Waals surface area (Å²) in [7, 11) is 0. The van der Waals surface area contributed by atoms with E-state index >= 15 is 0 Å². The number of hydrogen-bond acceptors (Lipinski definition) is 6. The van der Waals surface area contributed by atoms with Gasteiger partial charge in [-0.3, -0.25) is 20.2 Å². The zero-order valence-corrected chi connectivity index (χ0v) is 6.91. The Morgan fingerprint density at radius 1 is 1.36 bits per heavy atom. The maximum Gasteiger partial charge on any atom is 0.298 e. The van der Waals surface area contributed by atoms with E-state index in [1.54, 1.807) is 0 Å². The number of rotatable bonds is 3. The van der Waals surface area contributed by atoms with Crippen LogP contribution in [0.1, 0.15) is 5.69 Å². The molecule has 0 unspecified atom stereocenters. The fourth-order valence-electron chi connectivity index (χ4n) is 0.886. The van der Waals surface area contributed by atoms with Gasteiger partial charge in [-0.05, 0) is 0 Å². The first-order chi connectivity index (χ1) is 6.56. The van der Waals surface area contributed by atoms with Crippen LogP contribution in [0, 0.1) is 20.2 Å². The van der Waals surface area contributed by atoms with Crippen LogP contribution in [0.2, 0.25) is 0 Å². The summed E-state index contributed by atoms with van der Waals surface area (Å²) >= 11 is 0. The van der Waals surface area contributed by atoms with Gasteiger partial charge in [-0.2, -0.15) is 0 Å². The average Bonchev–Trinajstić information content (AvgIpc) is 2.16. The van der Waals surface area contributed by atoms with Gasteiger partial charge in [-0.15, -0.1) is 0 Å². The van der Waals surface area contributed by atoms with Gasteiger partial charge < -0.3 is 5.73 Å². The quantitative estimate of drug-likeness (QED) is 0.551. The standard InChI is InChI=1S/C6H6N4O4/c7-2-5-6(10(13)14)1-4(3-8-5)9(11)12/h1,3H,2,7H2. The smallest absolute Gasteiger partial charge is 0.298 e. The highest BCUT2D eigenvalue weighted by Gasteiger charge is 2.19. The predicted molar refractivity (Wildman–Crippen MR) is 45.4 cm³/mol. The fraction of sp³-hybridized carbons (Fsp3) is 0.167. The third-order valence-corrected chi connectivity index (χ3v) is 1.53. The molecule has 1 rings (SSSR count). The fourth-order valence-corrected chi connectivity index (χ4v) is 0.886. The molecule has 0 aliphatic heterocycles. The van der Waals surface area contributed by atoms with E-state index in [4.69, 9.17) is 5.73 Å². The van der Waals surface area contributed by atoms with Crippen LogP contribution in [0.4, 0.5) is 11.4 Å². The minimum atomic E-state index is -0.750. The second-order valence-corrected chi connectivity index (χ2v) is 2.38. The van der Waals surface area contributed by atoms with Crippen LogP contribution in [-0.2, 0) is 6.54 Å². The number of pyridine rings is 1. The van der Waals surface area contributed by atoms with Crippen molar-refractivity contribution in [3.05, 3.63) is 38.2 Å². The normalized spacial score (nSPS) is 9.79. The lowest BCUT2D eigenvalue weighted by Crippen LogP contribution is -2.05. The first kappa shape index (κ1) is 9.99. The number of nitrogens with two attached hydrogens (primary N) is 1. The van der Waals surface area contributed by atoms with Crippen molar-refractivity contribution < 1.29 is 9.85 Å². The van der Waals surface area contributed by atoms with E-state index in [9.17, 15) is 20.2 Å². The van der Waals surface area contributed by atoms with Crippen LogP contribution >= 0.6 is 0 Å². The molecule has 8 nitrogen and oxygen atoms in total. The van der Waals surface area contributed by atoms with E-state index in [0.29, 0.717) is 0 Å². The van der Waals surface area contributed by atoms with E-state index in [1.165, 1.54) is 0 Å². The Balaban J connectivity index is 3.27. The van der Waals surface area contributed by atoms with Gasteiger partial charge in [-0.1, -0.05) is 0 Å². The van der Waals surface area contributed by atoms with Crippen LogP contribution in [0.25, 0.3) is 0 Å². The Morgan fingerprint density at radius 3 is 2.43 bits per heavy atom. The van der Waals surface area contributed by atoms with Crippen molar-refractivity contribution in [1.29, 1.82) is 0 Å². The molecule has 2 N–H and O–H groups in total. The second kappa shape index (κ2) is 3.75. The maximum absolute atomic E-state index is 10.4. The number of aromatic nitrogens is 1. The van der Waals surface area contributed by atoms with E-state index in [-0.39, 0.29) is 12.2 Å². The SMILES string of the molecule is NCc1ncc([N+](=O)[O-])cc1[N+](=O)[O-]. The summed E-state index contributed by atoms with van der Waals surface area (Å²) < 4.78 is 0. The number of nitro groups is 2. The zero-order chi connectivity index (χ0) is 10.7. The van der Waals surface area contributed by atoms with E-state index in [0.717, 1.165) is 12.3 Å². The van der Waals surface area contributed by atoms with Crippen molar-refractivity contribution >= 4 is 11.4 Å². The highest BCUT2D eigenvalue weighted by molar-refractivity contribution is 5.44. The second-order valence-electron chi connectivity index (χ2n) is 2.38. The highest BCUT2D eigenvalue weighted by Crippen LogP contribution is 2.21. The molecule has 0 saturated heterocycles. The summed E-state index contributed by atoms with van der Waals surface area (Å²) in [6, 6.07) is 0.842. The Bertz CT molecular complexity index is 391. The molecule has 1 aromatic heterocycles. The first-order valence-electron chi connectivity index (χ1n) is 3.54. The van der Waals surface area contributed by atoms with Crippen molar-refractivity contribution in [1.82, 2.24) is 4.98 Å². The van der Waals surface area contributed by atoms with Crippen molar-refractivity contribution in [3.8, 4) is 0 Å². The first-order valence-corrected chi connectivity index (χ1v) is 3.54. The summed E-state index contributed by atoms with van der Waals surface area (Å²) in [6.45, 7) is -0.131. The van der Waals surface area contributed by atoms with Gasteiger partial charge >= 0.3 is 0 Å². The summed E-state index contributed by atoms with van der Waals surface area (Å²) in [6.07, 6.45) is 0.940. The van der Waals surface area contributed by atoms with Gasteiger partial charge in [0.05, 0.1) is 15.9 Å². The molecule has 0 spiro atoms. The Labute approximate surface area is 77.7 Å². The molecule has 0 bridgehead atoms. The molecule has 0 saturated carbocycles. The molecule has 74 valence electrons. The lowest BCUT2D eigenvalue weighted by Gasteiger charge is -1.97. The van der Waals surface area contributed by atoms with Crippen molar-refractivity contribution in [2.24, 2.45) is 5.73 Å². The molecule has 0 fully saturated rings. The summed E-state index contributed by atoms with van der Waals surface area (Å²) in [4.78, 5) is 22.8. The molecule has 1 heterocycles. The molecule has 0 aliphatic carbocycles. The van der Waals surface area contributed by atoms with E-state index < -0.39 is 21.2 Å². The number of hydrogen-bond donors (Lipinski definition) is 1. The molecule has 0 aliphatic rings. The predicted octanol–water partition coefficient (Wildman–Crippen LogP) is 0.357.